The van der Waals surface area contributed by atoms with Crippen molar-refractivity contribution in [3.8, 4) is 5.75 Å². The highest BCUT2D eigenvalue weighted by Gasteiger charge is 2.08. The third kappa shape index (κ3) is 4.10. The molecular formula is C16H15BrN2O2. The summed E-state index contributed by atoms with van der Waals surface area (Å²) in [5, 5.41) is 2.81. The average molecular weight is 347 g/mol. The molecule has 0 aromatic heterocycles. The Balaban J connectivity index is 2.11. The molecule has 2 aromatic rings. The van der Waals surface area contributed by atoms with Gasteiger partial charge in [0.25, 0.3) is 5.91 Å². The molecule has 21 heavy (non-hydrogen) atoms. The lowest BCUT2D eigenvalue weighted by Crippen LogP contribution is -2.12. The fourth-order valence-electron chi connectivity index (χ4n) is 1.71. The molecule has 0 heterocycles. The molecule has 108 valence electrons. The lowest BCUT2D eigenvalue weighted by Gasteiger charge is -2.09. The van der Waals surface area contributed by atoms with E-state index in [4.69, 9.17) is 10.5 Å². The minimum atomic E-state index is -0.227. The standard InChI is InChI=1S/C16H15BrN2O2/c1-2-8-21-13-5-3-4-12(10-13)19-16(20)11-6-7-14(17)15(18)9-11/h2-7,9-10H,1,8,18H2,(H,19,20). The average Bonchev–Trinajstić information content (AvgIpc) is 2.48. The van der Waals surface area contributed by atoms with E-state index in [9.17, 15) is 4.79 Å². The predicted octanol–water partition coefficient (Wildman–Crippen LogP) is 3.85. The minimum absolute atomic E-state index is 0.227. The number of carbonyl (C=O) groups excluding carboxylic acids is 1. The Morgan fingerprint density at radius 2 is 2.14 bits per heavy atom. The van der Waals surface area contributed by atoms with Crippen molar-refractivity contribution < 1.29 is 9.53 Å². The normalized spacial score (nSPS) is 9.95. The topological polar surface area (TPSA) is 64.3 Å². The number of benzene rings is 2. The Hall–Kier alpha value is -2.27. The number of hydrogen-bond acceptors (Lipinski definition) is 3. The van der Waals surface area contributed by atoms with E-state index in [1.165, 1.54) is 0 Å². The molecule has 0 bridgehead atoms. The van der Waals surface area contributed by atoms with E-state index in [1.54, 1.807) is 36.4 Å². The largest absolute Gasteiger partial charge is 0.489 e. The lowest BCUT2D eigenvalue weighted by atomic mass is 10.2. The Labute approximate surface area is 131 Å². The number of amides is 1. The van der Waals surface area contributed by atoms with Crippen LogP contribution in [0.25, 0.3) is 0 Å². The van der Waals surface area contributed by atoms with Gasteiger partial charge in [-0.25, -0.2) is 0 Å². The molecule has 2 aromatic carbocycles. The Morgan fingerprint density at radius 1 is 1.33 bits per heavy atom. The van der Waals surface area contributed by atoms with Crippen LogP contribution in [0.3, 0.4) is 0 Å². The number of ether oxygens (including phenoxy) is 1. The van der Waals surface area contributed by atoms with Gasteiger partial charge >= 0.3 is 0 Å². The summed E-state index contributed by atoms with van der Waals surface area (Å²) in [7, 11) is 0. The van der Waals surface area contributed by atoms with E-state index >= 15 is 0 Å². The van der Waals surface area contributed by atoms with Crippen LogP contribution in [0.4, 0.5) is 11.4 Å². The quantitative estimate of drug-likeness (QED) is 0.638. The Kier molecular flexibility index (Phi) is 5.00. The van der Waals surface area contributed by atoms with Crippen molar-refractivity contribution in [2.45, 2.75) is 0 Å². The first-order valence-corrected chi connectivity index (χ1v) is 7.09. The lowest BCUT2D eigenvalue weighted by molar-refractivity contribution is 0.102. The van der Waals surface area contributed by atoms with Crippen molar-refractivity contribution >= 4 is 33.2 Å². The zero-order chi connectivity index (χ0) is 15.2. The van der Waals surface area contributed by atoms with Crippen LogP contribution in [0.15, 0.2) is 59.6 Å². The highest BCUT2D eigenvalue weighted by Crippen LogP contribution is 2.22. The number of nitrogens with one attached hydrogen (secondary N) is 1. The van der Waals surface area contributed by atoms with Crippen molar-refractivity contribution in [3.05, 3.63) is 65.2 Å². The number of hydrogen-bond donors (Lipinski definition) is 2. The summed E-state index contributed by atoms with van der Waals surface area (Å²) >= 11 is 3.30. The monoisotopic (exact) mass is 346 g/mol. The molecule has 0 saturated carbocycles. The predicted molar refractivity (Wildman–Crippen MR) is 88.6 cm³/mol. The fraction of sp³-hybridized carbons (Fsp3) is 0.0625. The molecule has 0 spiro atoms. The summed E-state index contributed by atoms with van der Waals surface area (Å²) in [6, 6.07) is 12.2. The Bertz CT molecular complexity index is 671. The summed E-state index contributed by atoms with van der Waals surface area (Å²) in [6.07, 6.45) is 1.66. The molecule has 0 fully saturated rings. The van der Waals surface area contributed by atoms with Gasteiger partial charge < -0.3 is 15.8 Å². The number of nitrogens with two attached hydrogens (primary N) is 1. The molecule has 2 rings (SSSR count). The number of rotatable bonds is 5. The van der Waals surface area contributed by atoms with Crippen molar-refractivity contribution in [1.29, 1.82) is 0 Å². The van der Waals surface area contributed by atoms with Crippen LogP contribution in [0.2, 0.25) is 0 Å². The van der Waals surface area contributed by atoms with Gasteiger partial charge in [0.15, 0.2) is 0 Å². The summed E-state index contributed by atoms with van der Waals surface area (Å²) < 4.78 is 6.19. The molecule has 4 nitrogen and oxygen atoms in total. The first kappa shape index (κ1) is 15.1. The number of halogens is 1. The second kappa shape index (κ2) is 6.95. The first-order chi connectivity index (χ1) is 10.1. The highest BCUT2D eigenvalue weighted by atomic mass is 79.9. The van der Waals surface area contributed by atoms with E-state index < -0.39 is 0 Å². The van der Waals surface area contributed by atoms with Crippen molar-refractivity contribution in [2.75, 3.05) is 17.7 Å². The smallest absolute Gasteiger partial charge is 0.255 e. The molecule has 5 heteroatoms. The van der Waals surface area contributed by atoms with Gasteiger partial charge in [-0.3, -0.25) is 4.79 Å². The van der Waals surface area contributed by atoms with Crippen LogP contribution in [0.5, 0.6) is 5.75 Å². The molecule has 0 aliphatic heterocycles. The van der Waals surface area contributed by atoms with E-state index in [0.717, 1.165) is 4.47 Å². The van der Waals surface area contributed by atoms with Crippen molar-refractivity contribution in [2.24, 2.45) is 0 Å². The maximum atomic E-state index is 12.2. The first-order valence-electron chi connectivity index (χ1n) is 6.30. The summed E-state index contributed by atoms with van der Waals surface area (Å²) in [5.41, 5.74) is 7.44. The van der Waals surface area contributed by atoms with Gasteiger partial charge in [-0.1, -0.05) is 18.7 Å². The van der Waals surface area contributed by atoms with Crippen LogP contribution in [0.1, 0.15) is 10.4 Å². The van der Waals surface area contributed by atoms with Crippen LogP contribution in [-0.4, -0.2) is 12.5 Å². The van der Waals surface area contributed by atoms with Gasteiger partial charge in [0.2, 0.25) is 0 Å². The van der Waals surface area contributed by atoms with E-state index in [2.05, 4.69) is 27.8 Å². The maximum Gasteiger partial charge on any atom is 0.255 e. The molecule has 0 saturated heterocycles. The molecule has 0 aliphatic rings. The summed E-state index contributed by atoms with van der Waals surface area (Å²) in [5.74, 6) is 0.443. The molecule has 3 N–H and O–H groups in total. The van der Waals surface area contributed by atoms with Gasteiger partial charge in [0, 0.05) is 27.5 Å². The zero-order valence-corrected chi connectivity index (χ0v) is 12.9. The van der Waals surface area contributed by atoms with Gasteiger partial charge in [0.1, 0.15) is 12.4 Å². The van der Waals surface area contributed by atoms with E-state index in [0.29, 0.717) is 29.3 Å². The molecular weight excluding hydrogens is 332 g/mol. The molecule has 0 radical (unpaired) electrons. The SMILES string of the molecule is C=CCOc1cccc(NC(=O)c2ccc(Br)c(N)c2)c1. The fourth-order valence-corrected chi connectivity index (χ4v) is 1.95. The summed E-state index contributed by atoms with van der Waals surface area (Å²) in [4.78, 5) is 12.2. The number of nitrogen functional groups attached to an aromatic ring is 1. The molecule has 0 atom stereocenters. The summed E-state index contributed by atoms with van der Waals surface area (Å²) in [6.45, 7) is 4.01. The van der Waals surface area contributed by atoms with Gasteiger partial charge in [-0.05, 0) is 46.3 Å². The van der Waals surface area contributed by atoms with Crippen molar-refractivity contribution in [1.82, 2.24) is 0 Å². The third-order valence-electron chi connectivity index (χ3n) is 2.72. The number of carbonyl (C=O) groups is 1. The minimum Gasteiger partial charge on any atom is -0.489 e. The van der Waals surface area contributed by atoms with Crippen LogP contribution in [0, 0.1) is 0 Å². The van der Waals surface area contributed by atoms with Crippen LogP contribution in [-0.2, 0) is 0 Å². The van der Waals surface area contributed by atoms with Gasteiger partial charge in [-0.15, -0.1) is 0 Å². The second-order valence-electron chi connectivity index (χ2n) is 4.32. The second-order valence-corrected chi connectivity index (χ2v) is 5.17. The van der Waals surface area contributed by atoms with Gasteiger partial charge in [-0.2, -0.15) is 0 Å². The third-order valence-corrected chi connectivity index (χ3v) is 3.44. The molecule has 0 unspecified atom stereocenters. The van der Waals surface area contributed by atoms with E-state index in [1.807, 2.05) is 12.1 Å². The number of anilines is 2. The Morgan fingerprint density at radius 3 is 2.86 bits per heavy atom. The van der Waals surface area contributed by atoms with E-state index in [-0.39, 0.29) is 5.91 Å². The van der Waals surface area contributed by atoms with Gasteiger partial charge in [0.05, 0.1) is 0 Å². The van der Waals surface area contributed by atoms with Crippen molar-refractivity contribution in [3.63, 3.8) is 0 Å². The van der Waals surface area contributed by atoms with Crippen LogP contribution >= 0.6 is 15.9 Å². The highest BCUT2D eigenvalue weighted by molar-refractivity contribution is 9.10. The van der Waals surface area contributed by atoms with Crippen LogP contribution < -0.4 is 15.8 Å². The zero-order valence-electron chi connectivity index (χ0n) is 11.3. The maximum absolute atomic E-state index is 12.2. The molecule has 1 amide bonds. The molecule has 0 aliphatic carbocycles.